The van der Waals surface area contributed by atoms with E-state index in [1.807, 2.05) is 48.6 Å². The lowest BCUT2D eigenvalue weighted by Gasteiger charge is -2.13. The van der Waals surface area contributed by atoms with Crippen molar-refractivity contribution in [3.05, 3.63) is 109 Å². The van der Waals surface area contributed by atoms with Crippen molar-refractivity contribution in [3.63, 3.8) is 0 Å². The first-order chi connectivity index (χ1) is 11.7. The molecule has 0 nitrogen and oxygen atoms in total. The molecule has 0 aromatic heterocycles. The van der Waals surface area contributed by atoms with E-state index in [-0.39, 0.29) is 0 Å². The third kappa shape index (κ3) is 3.99. The van der Waals surface area contributed by atoms with E-state index in [4.69, 9.17) is 0 Å². The van der Waals surface area contributed by atoms with Gasteiger partial charge in [-0.15, -0.1) is 0 Å². The molecule has 0 heteroatoms. The van der Waals surface area contributed by atoms with Crippen molar-refractivity contribution in [2.24, 2.45) is 0 Å². The highest BCUT2D eigenvalue weighted by Crippen LogP contribution is 2.20. The molecule has 0 radical (unpaired) electrons. The largest absolute Gasteiger partial charge is 0.0991 e. The molecule has 0 bridgehead atoms. The minimum atomic E-state index is 1.01. The zero-order valence-corrected chi connectivity index (χ0v) is 14.2. The number of hydrogen-bond donors (Lipinski definition) is 0. The number of allylic oxidation sites excluding steroid dienone is 6. The fourth-order valence-corrected chi connectivity index (χ4v) is 2.59. The molecule has 1 rings (SSSR count). The topological polar surface area (TPSA) is 0 Å². The van der Waals surface area contributed by atoms with E-state index >= 15 is 0 Å². The molecule has 0 atom stereocenters. The Kier molecular flexibility index (Phi) is 7.73. The van der Waals surface area contributed by atoms with Gasteiger partial charge >= 0.3 is 0 Å². The molecule has 24 heavy (non-hydrogen) atoms. The normalized spacial score (nSPS) is 12.5. The van der Waals surface area contributed by atoms with Gasteiger partial charge in [-0.2, -0.15) is 0 Å². The molecule has 0 amide bonds. The summed E-state index contributed by atoms with van der Waals surface area (Å²) in [5.41, 5.74) is 4.12. The van der Waals surface area contributed by atoms with Gasteiger partial charge in [0.15, 0.2) is 0 Å². The van der Waals surface area contributed by atoms with Gasteiger partial charge in [0, 0.05) is 0 Å². The Morgan fingerprint density at radius 3 is 1.08 bits per heavy atom. The smallest absolute Gasteiger partial charge is 0.00992 e. The second kappa shape index (κ2) is 9.81. The molecule has 120 valence electrons. The average Bonchev–Trinajstić information content (AvgIpc) is 2.60. The Morgan fingerprint density at radius 2 is 0.833 bits per heavy atom. The summed E-state index contributed by atoms with van der Waals surface area (Å²) >= 11 is 0. The molecule has 0 saturated carbocycles. The summed E-state index contributed by atoms with van der Waals surface area (Å²) in [7, 11) is 0. The SMILES string of the molecule is C=C/C=C\c1c(C=C)c(C=C)c(/C=C\C=C)c(=C/C=C)/c1=C\C=C. The van der Waals surface area contributed by atoms with E-state index in [0.717, 1.165) is 32.7 Å². The quantitative estimate of drug-likeness (QED) is 0.571. The van der Waals surface area contributed by atoms with Crippen LogP contribution in [0.15, 0.2) is 75.9 Å². The molecule has 0 N–H and O–H groups in total. The van der Waals surface area contributed by atoms with Gasteiger partial charge in [0.25, 0.3) is 0 Å². The summed E-state index contributed by atoms with van der Waals surface area (Å²) in [6.07, 6.45) is 22.6. The maximum Gasteiger partial charge on any atom is -0.00992 e. The third-order valence-electron chi connectivity index (χ3n) is 3.52. The molecular formula is C24H24. The molecule has 1 aromatic carbocycles. The van der Waals surface area contributed by atoms with E-state index in [2.05, 4.69) is 39.5 Å². The van der Waals surface area contributed by atoms with Crippen LogP contribution in [0.1, 0.15) is 22.3 Å². The van der Waals surface area contributed by atoms with Gasteiger partial charge < -0.3 is 0 Å². The van der Waals surface area contributed by atoms with E-state index in [1.54, 1.807) is 24.3 Å². The lowest BCUT2D eigenvalue weighted by atomic mass is 9.90. The summed E-state index contributed by atoms with van der Waals surface area (Å²) in [6.45, 7) is 23.2. The van der Waals surface area contributed by atoms with E-state index in [0.29, 0.717) is 0 Å². The van der Waals surface area contributed by atoms with Crippen molar-refractivity contribution in [2.45, 2.75) is 0 Å². The standard InChI is InChI=1S/C24H24/c1-7-13-17-23-19(11-5)20(12-6)24(18-14-8-2)22(16-10-4)21(23)15-9-3/h7-18H,1-6H2/b17-13-,18-14-,21-15+,22-16+. The van der Waals surface area contributed by atoms with Gasteiger partial charge in [-0.3, -0.25) is 0 Å². The first kappa shape index (κ1) is 18.9. The van der Waals surface area contributed by atoms with Crippen LogP contribution in [-0.4, -0.2) is 0 Å². The van der Waals surface area contributed by atoms with Crippen molar-refractivity contribution < 1.29 is 0 Å². The molecule has 0 fully saturated rings. The summed E-state index contributed by atoms with van der Waals surface area (Å²) in [4.78, 5) is 0. The molecule has 0 heterocycles. The maximum atomic E-state index is 3.98. The van der Waals surface area contributed by atoms with Gasteiger partial charge in [-0.25, -0.2) is 0 Å². The molecule has 0 unspecified atom stereocenters. The molecule has 1 aromatic rings. The highest BCUT2D eigenvalue weighted by atomic mass is 14.1. The van der Waals surface area contributed by atoms with Crippen LogP contribution in [0.5, 0.6) is 0 Å². The summed E-state index contributed by atoms with van der Waals surface area (Å²) in [5, 5.41) is 2.10. The van der Waals surface area contributed by atoms with Crippen LogP contribution >= 0.6 is 0 Å². The predicted molar refractivity (Wildman–Crippen MR) is 114 cm³/mol. The van der Waals surface area contributed by atoms with Gasteiger partial charge in [-0.1, -0.05) is 112 Å². The first-order valence-corrected chi connectivity index (χ1v) is 7.68. The van der Waals surface area contributed by atoms with Gasteiger partial charge in [0.1, 0.15) is 0 Å². The average molecular weight is 312 g/mol. The molecular weight excluding hydrogens is 288 g/mol. The Balaban J connectivity index is 4.32. The highest BCUT2D eigenvalue weighted by molar-refractivity contribution is 5.81. The molecule has 0 saturated heterocycles. The van der Waals surface area contributed by atoms with E-state index in [9.17, 15) is 0 Å². The summed E-state index contributed by atoms with van der Waals surface area (Å²) < 4.78 is 0. The first-order valence-electron chi connectivity index (χ1n) is 7.68. The zero-order valence-electron chi connectivity index (χ0n) is 14.2. The zero-order chi connectivity index (χ0) is 17.9. The van der Waals surface area contributed by atoms with Crippen molar-refractivity contribution >= 4 is 36.5 Å². The van der Waals surface area contributed by atoms with Gasteiger partial charge in [0.05, 0.1) is 0 Å². The second-order valence-electron chi connectivity index (χ2n) is 4.88. The highest BCUT2D eigenvalue weighted by Gasteiger charge is 2.10. The Hall–Kier alpha value is -3.12. The second-order valence-corrected chi connectivity index (χ2v) is 4.88. The van der Waals surface area contributed by atoms with E-state index in [1.165, 1.54) is 0 Å². The van der Waals surface area contributed by atoms with Crippen LogP contribution in [0.2, 0.25) is 0 Å². The van der Waals surface area contributed by atoms with Crippen LogP contribution in [0.25, 0.3) is 36.5 Å². The molecule has 0 aliphatic rings. The van der Waals surface area contributed by atoms with Crippen LogP contribution in [0.3, 0.4) is 0 Å². The Bertz CT molecular complexity index is 780. The van der Waals surface area contributed by atoms with Crippen LogP contribution in [0.4, 0.5) is 0 Å². The maximum absolute atomic E-state index is 3.98. The number of hydrogen-bond acceptors (Lipinski definition) is 0. The Labute approximate surface area is 145 Å². The van der Waals surface area contributed by atoms with Crippen molar-refractivity contribution in [2.75, 3.05) is 0 Å². The molecule has 0 aliphatic heterocycles. The van der Waals surface area contributed by atoms with Crippen LogP contribution < -0.4 is 10.4 Å². The third-order valence-corrected chi connectivity index (χ3v) is 3.52. The minimum Gasteiger partial charge on any atom is -0.0991 e. The fraction of sp³-hybridized carbons (Fsp3) is 0. The van der Waals surface area contributed by atoms with Crippen molar-refractivity contribution in [3.8, 4) is 0 Å². The van der Waals surface area contributed by atoms with Crippen LogP contribution in [-0.2, 0) is 0 Å². The van der Waals surface area contributed by atoms with Crippen molar-refractivity contribution in [1.82, 2.24) is 0 Å². The lowest BCUT2D eigenvalue weighted by molar-refractivity contribution is 1.42. The number of rotatable bonds is 8. The molecule has 0 spiro atoms. The van der Waals surface area contributed by atoms with Gasteiger partial charge in [0.2, 0.25) is 0 Å². The summed E-state index contributed by atoms with van der Waals surface area (Å²) in [5.74, 6) is 0. The lowest BCUT2D eigenvalue weighted by Crippen LogP contribution is -2.32. The fourth-order valence-electron chi connectivity index (χ4n) is 2.59. The Morgan fingerprint density at radius 1 is 0.458 bits per heavy atom. The monoisotopic (exact) mass is 312 g/mol. The predicted octanol–water partition coefficient (Wildman–Crippen LogP) is 5.30. The molecule has 0 aliphatic carbocycles. The van der Waals surface area contributed by atoms with Crippen LogP contribution in [0, 0.1) is 0 Å². The summed E-state index contributed by atoms with van der Waals surface area (Å²) in [6, 6.07) is 0. The van der Waals surface area contributed by atoms with E-state index < -0.39 is 0 Å². The minimum absolute atomic E-state index is 1.01. The van der Waals surface area contributed by atoms with Gasteiger partial charge in [-0.05, 0) is 32.7 Å². The number of benzene rings is 1. The van der Waals surface area contributed by atoms with Crippen molar-refractivity contribution in [1.29, 1.82) is 0 Å².